The number of amides is 1. The number of carbonyl (C=O) groups is 1. The van der Waals surface area contributed by atoms with E-state index in [2.05, 4.69) is 10.3 Å². The van der Waals surface area contributed by atoms with Crippen LogP contribution >= 0.6 is 0 Å². The minimum Gasteiger partial charge on any atom is -0.491 e. The van der Waals surface area contributed by atoms with Gasteiger partial charge >= 0.3 is 5.69 Å². The van der Waals surface area contributed by atoms with Gasteiger partial charge in [-0.3, -0.25) is 14.6 Å². The van der Waals surface area contributed by atoms with Crippen LogP contribution in [0.1, 0.15) is 20.3 Å². The van der Waals surface area contributed by atoms with Gasteiger partial charge in [-0.25, -0.2) is 4.79 Å². The molecule has 0 atom stereocenters. The van der Waals surface area contributed by atoms with Crippen LogP contribution in [0.25, 0.3) is 0 Å². The van der Waals surface area contributed by atoms with Crippen molar-refractivity contribution in [3.05, 3.63) is 57.4 Å². The molecule has 2 N–H and O–H groups in total. The molecule has 1 amide bonds. The van der Waals surface area contributed by atoms with Crippen molar-refractivity contribution >= 4 is 11.6 Å². The highest BCUT2D eigenvalue weighted by Gasteiger charge is 2.05. The van der Waals surface area contributed by atoms with Gasteiger partial charge < -0.3 is 14.6 Å². The fourth-order valence-electron chi connectivity index (χ4n) is 1.95. The number of aromatic nitrogens is 2. The predicted octanol–water partition coefficient (Wildman–Crippen LogP) is 1.35. The topological polar surface area (TPSA) is 93.2 Å². The molecule has 0 radical (unpaired) electrons. The first-order valence-electron chi connectivity index (χ1n) is 7.30. The number of aryl methyl sites for hydroxylation is 1. The van der Waals surface area contributed by atoms with Crippen LogP contribution in [0.3, 0.4) is 0 Å². The zero-order valence-electron chi connectivity index (χ0n) is 13.0. The van der Waals surface area contributed by atoms with Crippen LogP contribution in [-0.4, -0.2) is 21.6 Å². The third kappa shape index (κ3) is 5.14. The number of H-pyrrole nitrogens is 1. The Balaban J connectivity index is 1.89. The summed E-state index contributed by atoms with van der Waals surface area (Å²) in [6.45, 7) is 4.07. The third-order valence-electron chi connectivity index (χ3n) is 2.99. The Bertz CT molecular complexity index is 775. The van der Waals surface area contributed by atoms with Gasteiger partial charge in [0.2, 0.25) is 5.91 Å². The van der Waals surface area contributed by atoms with Crippen LogP contribution in [0.15, 0.2) is 46.1 Å². The van der Waals surface area contributed by atoms with Crippen molar-refractivity contribution in [2.24, 2.45) is 0 Å². The van der Waals surface area contributed by atoms with E-state index in [1.807, 2.05) is 13.8 Å². The van der Waals surface area contributed by atoms with E-state index in [-0.39, 0.29) is 25.0 Å². The van der Waals surface area contributed by atoms with Gasteiger partial charge in [-0.2, -0.15) is 0 Å². The second-order valence-corrected chi connectivity index (χ2v) is 5.29. The summed E-state index contributed by atoms with van der Waals surface area (Å²) in [5.74, 6) is 0.512. The van der Waals surface area contributed by atoms with Crippen molar-refractivity contribution in [3.63, 3.8) is 0 Å². The fraction of sp³-hybridized carbons (Fsp3) is 0.312. The van der Waals surface area contributed by atoms with E-state index in [0.717, 1.165) is 5.75 Å². The van der Waals surface area contributed by atoms with E-state index in [1.54, 1.807) is 24.3 Å². The summed E-state index contributed by atoms with van der Waals surface area (Å²) >= 11 is 0. The second kappa shape index (κ2) is 7.44. The van der Waals surface area contributed by atoms with Crippen LogP contribution in [-0.2, 0) is 11.3 Å². The Morgan fingerprint density at radius 2 is 1.91 bits per heavy atom. The monoisotopic (exact) mass is 317 g/mol. The first-order chi connectivity index (χ1) is 10.9. The molecule has 0 saturated carbocycles. The largest absolute Gasteiger partial charge is 0.491 e. The number of hydrogen-bond acceptors (Lipinski definition) is 4. The molecule has 0 fully saturated rings. The lowest BCUT2D eigenvalue weighted by Gasteiger charge is -2.11. The number of benzene rings is 1. The molecule has 7 heteroatoms. The van der Waals surface area contributed by atoms with Crippen molar-refractivity contribution in [2.45, 2.75) is 32.9 Å². The van der Waals surface area contributed by atoms with Gasteiger partial charge in [0.05, 0.1) is 6.10 Å². The van der Waals surface area contributed by atoms with Gasteiger partial charge in [0, 0.05) is 30.9 Å². The molecule has 122 valence electrons. The number of aromatic amines is 1. The molecule has 2 rings (SSSR count). The Labute approximate surface area is 132 Å². The number of rotatable bonds is 6. The molecule has 23 heavy (non-hydrogen) atoms. The molecular formula is C16H19N3O4. The predicted molar refractivity (Wildman–Crippen MR) is 86.8 cm³/mol. The van der Waals surface area contributed by atoms with Gasteiger partial charge in [-0.1, -0.05) is 0 Å². The zero-order chi connectivity index (χ0) is 16.8. The van der Waals surface area contributed by atoms with Crippen LogP contribution < -0.4 is 21.3 Å². The highest BCUT2D eigenvalue weighted by atomic mass is 16.5. The summed E-state index contributed by atoms with van der Waals surface area (Å²) < 4.78 is 6.80. The normalized spacial score (nSPS) is 10.6. The molecular weight excluding hydrogens is 298 g/mol. The minimum absolute atomic E-state index is 0.0890. The van der Waals surface area contributed by atoms with Crippen LogP contribution in [0.2, 0.25) is 0 Å². The first kappa shape index (κ1) is 16.5. The average molecular weight is 317 g/mol. The quantitative estimate of drug-likeness (QED) is 0.841. The Hall–Kier alpha value is -2.83. The van der Waals surface area contributed by atoms with Crippen LogP contribution in [0.5, 0.6) is 5.75 Å². The van der Waals surface area contributed by atoms with Gasteiger partial charge in [0.25, 0.3) is 5.56 Å². The molecule has 1 aromatic carbocycles. The summed E-state index contributed by atoms with van der Waals surface area (Å²) in [7, 11) is 0. The molecule has 7 nitrogen and oxygen atoms in total. The number of nitrogens with zero attached hydrogens (tertiary/aromatic N) is 1. The summed E-state index contributed by atoms with van der Waals surface area (Å²) in [4.78, 5) is 36.5. The smallest absolute Gasteiger partial charge is 0.328 e. The van der Waals surface area contributed by atoms with E-state index in [1.165, 1.54) is 16.8 Å². The molecule has 0 spiro atoms. The third-order valence-corrected chi connectivity index (χ3v) is 2.99. The Morgan fingerprint density at radius 3 is 2.52 bits per heavy atom. The average Bonchev–Trinajstić information content (AvgIpc) is 2.48. The molecule has 2 aromatic rings. The standard InChI is InChI=1S/C16H19N3O4/c1-11(2)23-13-5-3-12(4-6-13)17-14(20)7-9-19-10-8-15(21)18-16(19)22/h3-6,8,10-11H,7,9H2,1-2H3,(H,17,20)(H,18,21,22). The second-order valence-electron chi connectivity index (χ2n) is 5.29. The fourth-order valence-corrected chi connectivity index (χ4v) is 1.95. The summed E-state index contributed by atoms with van der Waals surface area (Å²) in [5.41, 5.74) is -0.334. The van der Waals surface area contributed by atoms with Gasteiger partial charge in [-0.15, -0.1) is 0 Å². The number of anilines is 1. The molecule has 1 aromatic heterocycles. The van der Waals surface area contributed by atoms with Crippen molar-refractivity contribution in [3.8, 4) is 5.75 Å². The molecule has 1 heterocycles. The molecule has 0 saturated heterocycles. The molecule has 0 aliphatic heterocycles. The highest BCUT2D eigenvalue weighted by molar-refractivity contribution is 5.90. The van der Waals surface area contributed by atoms with E-state index in [9.17, 15) is 14.4 Å². The number of carbonyl (C=O) groups excluding carboxylic acids is 1. The zero-order valence-corrected chi connectivity index (χ0v) is 13.0. The molecule has 0 bridgehead atoms. The minimum atomic E-state index is -0.527. The first-order valence-corrected chi connectivity index (χ1v) is 7.30. The van der Waals surface area contributed by atoms with E-state index in [4.69, 9.17) is 4.74 Å². The summed E-state index contributed by atoms with van der Waals surface area (Å²) in [6, 6.07) is 8.31. The summed E-state index contributed by atoms with van der Waals surface area (Å²) in [6.07, 6.45) is 1.58. The van der Waals surface area contributed by atoms with Gasteiger partial charge in [-0.05, 0) is 38.1 Å². The van der Waals surface area contributed by atoms with Crippen molar-refractivity contribution < 1.29 is 9.53 Å². The van der Waals surface area contributed by atoms with Crippen LogP contribution in [0, 0.1) is 0 Å². The SMILES string of the molecule is CC(C)Oc1ccc(NC(=O)CCn2ccc(=O)[nH]c2=O)cc1. The number of nitrogens with one attached hydrogen (secondary N) is 2. The molecule has 0 aliphatic rings. The Kier molecular flexibility index (Phi) is 5.35. The number of ether oxygens (including phenoxy) is 1. The maximum Gasteiger partial charge on any atom is 0.328 e. The summed E-state index contributed by atoms with van der Waals surface area (Å²) in [5, 5.41) is 2.74. The Morgan fingerprint density at radius 1 is 1.22 bits per heavy atom. The molecule has 0 unspecified atom stereocenters. The maximum atomic E-state index is 11.9. The van der Waals surface area contributed by atoms with Gasteiger partial charge in [0.15, 0.2) is 0 Å². The highest BCUT2D eigenvalue weighted by Crippen LogP contribution is 2.17. The lowest BCUT2D eigenvalue weighted by Crippen LogP contribution is -2.29. The van der Waals surface area contributed by atoms with Crippen molar-refractivity contribution in [1.82, 2.24) is 9.55 Å². The van der Waals surface area contributed by atoms with Crippen molar-refractivity contribution in [1.29, 1.82) is 0 Å². The van der Waals surface area contributed by atoms with Crippen LogP contribution in [0.4, 0.5) is 5.69 Å². The maximum absolute atomic E-state index is 11.9. The lowest BCUT2D eigenvalue weighted by atomic mass is 10.3. The lowest BCUT2D eigenvalue weighted by molar-refractivity contribution is -0.116. The van der Waals surface area contributed by atoms with Crippen molar-refractivity contribution in [2.75, 3.05) is 5.32 Å². The van der Waals surface area contributed by atoms with E-state index in [0.29, 0.717) is 5.69 Å². The van der Waals surface area contributed by atoms with E-state index < -0.39 is 11.2 Å². The van der Waals surface area contributed by atoms with E-state index >= 15 is 0 Å². The molecule has 0 aliphatic carbocycles. The number of hydrogen-bond donors (Lipinski definition) is 2. The van der Waals surface area contributed by atoms with Gasteiger partial charge in [0.1, 0.15) is 5.75 Å².